The molecule has 0 saturated carbocycles. The summed E-state index contributed by atoms with van der Waals surface area (Å²) in [7, 11) is 0.429. The minimum atomic E-state index is -1.38. The van der Waals surface area contributed by atoms with E-state index in [4.69, 9.17) is 4.74 Å². The first-order chi connectivity index (χ1) is 12.1. The molecule has 3 rings (SSSR count). The number of allylic oxidation sites excluding steroid dienone is 1. The van der Waals surface area contributed by atoms with Gasteiger partial charge >= 0.3 is 0 Å². The normalized spacial score (nSPS) is 17.1. The van der Waals surface area contributed by atoms with Crippen molar-refractivity contribution in [2.75, 3.05) is 7.11 Å². The first-order valence-electron chi connectivity index (χ1n) is 9.54. The standard InChI is InChI=1S/C24H32OSi/c1-16-14-18-19(23(16)26(6,7)8)15-20(24(2,3)4)22(25-5)21(18)17-12-10-9-11-13-17/h9-15,23H,1-8H3. The number of ether oxygens (including phenoxy) is 1. The fourth-order valence-electron chi connectivity index (χ4n) is 4.46. The summed E-state index contributed by atoms with van der Waals surface area (Å²) in [6, 6.07) is 13.2. The van der Waals surface area contributed by atoms with E-state index in [0.29, 0.717) is 5.54 Å². The fraction of sp³-hybridized carbons (Fsp3) is 0.417. The van der Waals surface area contributed by atoms with Crippen LogP contribution in [-0.2, 0) is 5.41 Å². The summed E-state index contributed by atoms with van der Waals surface area (Å²) in [6.07, 6.45) is 2.41. The molecule has 2 aromatic rings. The lowest BCUT2D eigenvalue weighted by Crippen LogP contribution is -2.31. The molecule has 0 amide bonds. The molecule has 0 saturated heterocycles. The molecule has 1 atom stereocenters. The molecule has 1 nitrogen and oxygen atoms in total. The second-order valence-corrected chi connectivity index (χ2v) is 14.9. The molecular weight excluding hydrogens is 332 g/mol. The molecule has 0 aliphatic heterocycles. The highest BCUT2D eigenvalue weighted by molar-refractivity contribution is 6.78. The van der Waals surface area contributed by atoms with Crippen LogP contribution in [0, 0.1) is 0 Å². The highest BCUT2D eigenvalue weighted by Gasteiger charge is 2.38. The van der Waals surface area contributed by atoms with Gasteiger partial charge in [-0.1, -0.05) is 88.5 Å². The first kappa shape index (κ1) is 19.0. The monoisotopic (exact) mass is 364 g/mol. The smallest absolute Gasteiger partial charge is 0.131 e. The number of fused-ring (bicyclic) bond motifs is 1. The Hall–Kier alpha value is -1.80. The lowest BCUT2D eigenvalue weighted by atomic mass is 9.81. The van der Waals surface area contributed by atoms with Gasteiger partial charge in [-0.2, -0.15) is 0 Å². The van der Waals surface area contributed by atoms with Gasteiger partial charge in [-0.25, -0.2) is 0 Å². The average Bonchev–Trinajstić information content (AvgIpc) is 2.88. The van der Waals surface area contributed by atoms with E-state index < -0.39 is 8.07 Å². The highest BCUT2D eigenvalue weighted by atomic mass is 28.3. The molecule has 1 unspecified atom stereocenters. The van der Waals surface area contributed by atoms with Gasteiger partial charge < -0.3 is 4.74 Å². The summed E-state index contributed by atoms with van der Waals surface area (Å²) >= 11 is 0. The van der Waals surface area contributed by atoms with E-state index >= 15 is 0 Å². The van der Waals surface area contributed by atoms with Crippen LogP contribution >= 0.6 is 0 Å². The Morgan fingerprint density at radius 3 is 2.12 bits per heavy atom. The van der Waals surface area contributed by atoms with E-state index in [0.717, 1.165) is 5.75 Å². The Labute approximate surface area is 160 Å². The Morgan fingerprint density at radius 1 is 1.00 bits per heavy atom. The molecule has 0 spiro atoms. The lowest BCUT2D eigenvalue weighted by Gasteiger charge is -2.31. The molecule has 1 aliphatic carbocycles. The van der Waals surface area contributed by atoms with E-state index in [1.54, 1.807) is 0 Å². The van der Waals surface area contributed by atoms with E-state index in [1.165, 1.54) is 33.4 Å². The molecule has 2 aromatic carbocycles. The zero-order valence-corrected chi connectivity index (χ0v) is 18.5. The predicted octanol–water partition coefficient (Wildman–Crippen LogP) is 7.04. The highest BCUT2D eigenvalue weighted by Crippen LogP contribution is 2.51. The number of benzene rings is 2. The summed E-state index contributed by atoms with van der Waals surface area (Å²) in [5.74, 6) is 1.03. The number of rotatable bonds is 3. The van der Waals surface area contributed by atoms with Gasteiger partial charge in [0, 0.05) is 16.7 Å². The second kappa shape index (κ2) is 6.42. The van der Waals surface area contributed by atoms with Crippen LogP contribution in [0.15, 0.2) is 42.0 Å². The SMILES string of the molecule is COc1c(C(C)(C)C)cc2c(c1-c1ccccc1)C=C(C)C2[Si](C)(C)C. The van der Waals surface area contributed by atoms with Crippen molar-refractivity contribution in [2.24, 2.45) is 0 Å². The number of hydrogen-bond donors (Lipinski definition) is 0. The quantitative estimate of drug-likeness (QED) is 0.531. The maximum absolute atomic E-state index is 6.02. The molecule has 2 heteroatoms. The molecule has 0 aromatic heterocycles. The number of hydrogen-bond acceptors (Lipinski definition) is 1. The zero-order chi connectivity index (χ0) is 19.3. The van der Waals surface area contributed by atoms with Crippen LogP contribution in [0.1, 0.15) is 49.9 Å². The molecule has 0 heterocycles. The summed E-state index contributed by atoms with van der Waals surface area (Å²) in [4.78, 5) is 0. The summed E-state index contributed by atoms with van der Waals surface area (Å²) < 4.78 is 6.02. The molecule has 26 heavy (non-hydrogen) atoms. The van der Waals surface area contributed by atoms with Gasteiger partial charge in [0.05, 0.1) is 15.2 Å². The van der Waals surface area contributed by atoms with Gasteiger partial charge in [0.15, 0.2) is 0 Å². The van der Waals surface area contributed by atoms with E-state index in [2.05, 4.69) is 89.8 Å². The molecule has 0 radical (unpaired) electrons. The Kier molecular flexibility index (Phi) is 4.68. The van der Waals surface area contributed by atoms with Crippen molar-refractivity contribution in [1.82, 2.24) is 0 Å². The van der Waals surface area contributed by atoms with Crippen molar-refractivity contribution in [3.63, 3.8) is 0 Å². The molecule has 1 aliphatic rings. The number of methoxy groups -OCH3 is 1. The lowest BCUT2D eigenvalue weighted by molar-refractivity contribution is 0.399. The maximum Gasteiger partial charge on any atom is 0.131 e. The van der Waals surface area contributed by atoms with Gasteiger partial charge in [-0.15, -0.1) is 0 Å². The third-order valence-electron chi connectivity index (χ3n) is 5.43. The largest absolute Gasteiger partial charge is 0.496 e. The maximum atomic E-state index is 6.02. The first-order valence-corrected chi connectivity index (χ1v) is 13.1. The van der Waals surface area contributed by atoms with Crippen LogP contribution in [0.4, 0.5) is 0 Å². The Morgan fingerprint density at radius 2 is 1.62 bits per heavy atom. The van der Waals surface area contributed by atoms with Gasteiger partial charge in [0.1, 0.15) is 5.75 Å². The van der Waals surface area contributed by atoms with Crippen LogP contribution in [0.2, 0.25) is 19.6 Å². The van der Waals surface area contributed by atoms with Crippen molar-refractivity contribution < 1.29 is 4.74 Å². The van der Waals surface area contributed by atoms with Crippen LogP contribution in [0.25, 0.3) is 17.2 Å². The summed E-state index contributed by atoms with van der Waals surface area (Å²) in [5.41, 5.74) is 8.80. The zero-order valence-electron chi connectivity index (χ0n) is 17.5. The van der Waals surface area contributed by atoms with E-state index in [9.17, 15) is 0 Å². The van der Waals surface area contributed by atoms with Crippen molar-refractivity contribution in [1.29, 1.82) is 0 Å². The Bertz CT molecular complexity index is 849. The van der Waals surface area contributed by atoms with Crippen molar-refractivity contribution in [2.45, 2.75) is 58.3 Å². The van der Waals surface area contributed by atoms with Gasteiger partial charge in [0.2, 0.25) is 0 Å². The molecule has 0 N–H and O–H groups in total. The second-order valence-electron chi connectivity index (χ2n) is 9.64. The van der Waals surface area contributed by atoms with Crippen molar-refractivity contribution >= 4 is 14.1 Å². The molecular formula is C24H32OSi. The minimum absolute atomic E-state index is 0.0321. The molecule has 138 valence electrons. The average molecular weight is 365 g/mol. The molecule has 0 fully saturated rings. The van der Waals surface area contributed by atoms with Crippen molar-refractivity contribution in [3.05, 3.63) is 58.7 Å². The predicted molar refractivity (Wildman–Crippen MR) is 117 cm³/mol. The van der Waals surface area contributed by atoms with E-state index in [1.807, 2.05) is 7.11 Å². The Balaban J connectivity index is 2.42. The topological polar surface area (TPSA) is 9.23 Å². The van der Waals surface area contributed by atoms with E-state index in [-0.39, 0.29) is 5.41 Å². The van der Waals surface area contributed by atoms with Crippen LogP contribution in [-0.4, -0.2) is 15.2 Å². The van der Waals surface area contributed by atoms with Crippen molar-refractivity contribution in [3.8, 4) is 16.9 Å². The van der Waals surface area contributed by atoms with Crippen LogP contribution in [0.5, 0.6) is 5.75 Å². The third kappa shape index (κ3) is 3.16. The van der Waals surface area contributed by atoms with Gasteiger partial charge in [-0.05, 0) is 29.0 Å². The summed E-state index contributed by atoms with van der Waals surface area (Å²) in [6.45, 7) is 16.6. The van der Waals surface area contributed by atoms with Crippen LogP contribution < -0.4 is 4.74 Å². The van der Waals surface area contributed by atoms with Gasteiger partial charge in [-0.3, -0.25) is 0 Å². The van der Waals surface area contributed by atoms with Crippen LogP contribution in [0.3, 0.4) is 0 Å². The summed E-state index contributed by atoms with van der Waals surface area (Å²) in [5, 5.41) is 0. The fourth-order valence-corrected chi connectivity index (χ4v) is 7.08. The van der Waals surface area contributed by atoms with Gasteiger partial charge in [0.25, 0.3) is 0 Å². The molecule has 0 bridgehead atoms. The minimum Gasteiger partial charge on any atom is -0.496 e. The third-order valence-corrected chi connectivity index (χ3v) is 7.93.